The van der Waals surface area contributed by atoms with Crippen LogP contribution in [0.5, 0.6) is 0 Å². The lowest BCUT2D eigenvalue weighted by molar-refractivity contribution is -0.117. The first-order chi connectivity index (χ1) is 6.81. The fourth-order valence-electron chi connectivity index (χ4n) is 1.42. The second-order valence-corrected chi connectivity index (χ2v) is 3.04. The van der Waals surface area contributed by atoms with E-state index in [1.165, 1.54) is 0 Å². The number of terminal acetylenes is 1. The Morgan fingerprint density at radius 3 is 3.07 bits per heavy atom. The van der Waals surface area contributed by atoms with Crippen LogP contribution in [0.3, 0.4) is 0 Å². The van der Waals surface area contributed by atoms with Crippen molar-refractivity contribution in [3.05, 3.63) is 18.0 Å². The van der Waals surface area contributed by atoms with Crippen molar-refractivity contribution in [1.82, 2.24) is 9.97 Å². The molecule has 0 atom stereocenters. The van der Waals surface area contributed by atoms with Gasteiger partial charge in [0.25, 0.3) is 0 Å². The number of anilines is 1. The number of nitrogens with zero attached hydrogens (tertiary/aromatic N) is 3. The van der Waals surface area contributed by atoms with Crippen molar-refractivity contribution in [3.63, 3.8) is 0 Å². The van der Waals surface area contributed by atoms with Gasteiger partial charge in [-0.2, -0.15) is 0 Å². The summed E-state index contributed by atoms with van der Waals surface area (Å²) in [6.07, 6.45) is 8.22. The maximum absolute atomic E-state index is 11.4. The van der Waals surface area contributed by atoms with Crippen LogP contribution in [0.25, 0.3) is 0 Å². The van der Waals surface area contributed by atoms with Gasteiger partial charge in [0.1, 0.15) is 5.69 Å². The fourth-order valence-corrected chi connectivity index (χ4v) is 1.42. The highest BCUT2D eigenvalue weighted by Gasteiger charge is 2.23. The molecule has 0 saturated carbocycles. The summed E-state index contributed by atoms with van der Waals surface area (Å²) in [5.41, 5.74) is 0.509. The van der Waals surface area contributed by atoms with Crippen LogP contribution in [0, 0.1) is 12.3 Å². The molecule has 14 heavy (non-hydrogen) atoms. The van der Waals surface area contributed by atoms with E-state index in [0.717, 1.165) is 6.42 Å². The molecule has 70 valence electrons. The van der Waals surface area contributed by atoms with Crippen LogP contribution in [0.1, 0.15) is 18.5 Å². The summed E-state index contributed by atoms with van der Waals surface area (Å²) >= 11 is 0. The Morgan fingerprint density at radius 2 is 2.43 bits per heavy atom. The highest BCUT2D eigenvalue weighted by atomic mass is 16.2. The van der Waals surface area contributed by atoms with Gasteiger partial charge in [-0.25, -0.2) is 9.97 Å². The molecule has 0 spiro atoms. The van der Waals surface area contributed by atoms with Gasteiger partial charge in [0, 0.05) is 19.2 Å². The van der Waals surface area contributed by atoms with Crippen molar-refractivity contribution in [3.8, 4) is 12.3 Å². The first-order valence-electron chi connectivity index (χ1n) is 4.41. The average Bonchev–Trinajstić information content (AvgIpc) is 2.65. The van der Waals surface area contributed by atoms with Crippen LogP contribution in [-0.2, 0) is 4.79 Å². The van der Waals surface area contributed by atoms with Crippen LogP contribution in [0.2, 0.25) is 0 Å². The number of hydrogen-bond acceptors (Lipinski definition) is 3. The summed E-state index contributed by atoms with van der Waals surface area (Å²) < 4.78 is 0. The lowest BCUT2D eigenvalue weighted by atomic mass is 10.4. The normalized spacial score (nSPS) is 15.6. The molecule has 1 amide bonds. The van der Waals surface area contributed by atoms with E-state index in [4.69, 9.17) is 6.42 Å². The van der Waals surface area contributed by atoms with E-state index in [9.17, 15) is 4.79 Å². The molecule has 0 aromatic carbocycles. The Kier molecular flexibility index (Phi) is 2.15. The molecule has 2 heterocycles. The molecule has 1 fully saturated rings. The van der Waals surface area contributed by atoms with Crippen molar-refractivity contribution < 1.29 is 4.79 Å². The predicted molar refractivity (Wildman–Crippen MR) is 51.6 cm³/mol. The maximum Gasteiger partial charge on any atom is 0.233 e. The van der Waals surface area contributed by atoms with Gasteiger partial charge in [-0.15, -0.1) is 6.42 Å². The van der Waals surface area contributed by atoms with Gasteiger partial charge < -0.3 is 0 Å². The van der Waals surface area contributed by atoms with Crippen molar-refractivity contribution in [2.45, 2.75) is 12.8 Å². The lowest BCUT2D eigenvalue weighted by Crippen LogP contribution is -2.25. The Morgan fingerprint density at radius 1 is 1.57 bits per heavy atom. The quantitative estimate of drug-likeness (QED) is 0.604. The predicted octanol–water partition coefficient (Wildman–Crippen LogP) is 0.585. The first-order valence-corrected chi connectivity index (χ1v) is 4.41. The average molecular weight is 187 g/mol. The summed E-state index contributed by atoms with van der Waals surface area (Å²) in [6, 6.07) is 1.64. The maximum atomic E-state index is 11.4. The van der Waals surface area contributed by atoms with Crippen LogP contribution in [-0.4, -0.2) is 22.4 Å². The number of carbonyl (C=O) groups is 1. The monoisotopic (exact) mass is 187 g/mol. The van der Waals surface area contributed by atoms with Gasteiger partial charge in [-0.3, -0.25) is 9.69 Å². The molecule has 0 unspecified atom stereocenters. The summed E-state index contributed by atoms with van der Waals surface area (Å²) in [5.74, 6) is 2.90. The van der Waals surface area contributed by atoms with Crippen LogP contribution >= 0.6 is 0 Å². The molecule has 1 aromatic heterocycles. The number of hydrogen-bond donors (Lipinski definition) is 0. The number of rotatable bonds is 1. The van der Waals surface area contributed by atoms with Crippen molar-refractivity contribution in [2.75, 3.05) is 11.4 Å². The largest absolute Gasteiger partial charge is 0.281 e. The van der Waals surface area contributed by atoms with E-state index in [1.807, 2.05) is 0 Å². The number of aromatic nitrogens is 2. The zero-order valence-corrected chi connectivity index (χ0v) is 7.60. The van der Waals surface area contributed by atoms with Crippen molar-refractivity contribution >= 4 is 11.9 Å². The number of carbonyl (C=O) groups excluding carboxylic acids is 1. The van der Waals surface area contributed by atoms with Crippen molar-refractivity contribution in [2.24, 2.45) is 0 Å². The minimum atomic E-state index is 0.0687. The third-order valence-electron chi connectivity index (χ3n) is 2.11. The molecular weight excluding hydrogens is 178 g/mol. The molecular formula is C10H9N3O. The van der Waals surface area contributed by atoms with Gasteiger partial charge in [0.2, 0.25) is 11.9 Å². The Labute approximate surface area is 82.0 Å². The van der Waals surface area contributed by atoms with Crippen LogP contribution < -0.4 is 4.90 Å². The van der Waals surface area contributed by atoms with E-state index in [1.54, 1.807) is 17.2 Å². The topological polar surface area (TPSA) is 46.1 Å². The molecule has 0 radical (unpaired) electrons. The summed E-state index contributed by atoms with van der Waals surface area (Å²) in [4.78, 5) is 21.0. The lowest BCUT2D eigenvalue weighted by Gasteiger charge is -2.12. The smallest absolute Gasteiger partial charge is 0.233 e. The Bertz CT molecular complexity index is 408. The molecule has 1 aliphatic heterocycles. The third-order valence-corrected chi connectivity index (χ3v) is 2.11. The summed E-state index contributed by atoms with van der Waals surface area (Å²) in [5, 5.41) is 0. The van der Waals surface area contributed by atoms with Crippen LogP contribution in [0.15, 0.2) is 12.3 Å². The molecule has 0 bridgehead atoms. The second-order valence-electron chi connectivity index (χ2n) is 3.04. The van der Waals surface area contributed by atoms with Gasteiger partial charge >= 0.3 is 0 Å². The third kappa shape index (κ3) is 1.44. The van der Waals surface area contributed by atoms with Gasteiger partial charge in [-0.05, 0) is 12.5 Å². The van der Waals surface area contributed by atoms with Gasteiger partial charge in [-0.1, -0.05) is 5.92 Å². The molecule has 4 nitrogen and oxygen atoms in total. The van der Waals surface area contributed by atoms with Crippen molar-refractivity contribution in [1.29, 1.82) is 0 Å². The molecule has 2 rings (SSSR count). The van der Waals surface area contributed by atoms with Gasteiger partial charge in [0.15, 0.2) is 0 Å². The van der Waals surface area contributed by atoms with E-state index < -0.39 is 0 Å². The van der Waals surface area contributed by atoms with E-state index >= 15 is 0 Å². The molecule has 1 aliphatic rings. The zero-order chi connectivity index (χ0) is 9.97. The highest BCUT2D eigenvalue weighted by molar-refractivity contribution is 5.93. The molecule has 0 N–H and O–H groups in total. The van der Waals surface area contributed by atoms with Crippen LogP contribution in [0.4, 0.5) is 5.95 Å². The van der Waals surface area contributed by atoms with E-state index in [-0.39, 0.29) is 5.91 Å². The van der Waals surface area contributed by atoms with E-state index in [0.29, 0.717) is 24.6 Å². The standard InChI is InChI=1S/C10H9N3O/c1-2-8-5-6-11-10(12-8)13-7-3-4-9(13)14/h1,5-6H,3-4,7H2. The molecule has 1 saturated heterocycles. The SMILES string of the molecule is C#Cc1ccnc(N2CCCC2=O)n1. The molecule has 4 heteroatoms. The Balaban J connectivity index is 2.32. The molecule has 1 aromatic rings. The second kappa shape index (κ2) is 3.46. The Hall–Kier alpha value is -1.89. The molecule has 0 aliphatic carbocycles. The fraction of sp³-hybridized carbons (Fsp3) is 0.300. The summed E-state index contributed by atoms with van der Waals surface area (Å²) in [7, 11) is 0. The minimum Gasteiger partial charge on any atom is -0.281 e. The summed E-state index contributed by atoms with van der Waals surface area (Å²) in [6.45, 7) is 0.687. The van der Waals surface area contributed by atoms with E-state index in [2.05, 4.69) is 15.9 Å². The highest BCUT2D eigenvalue weighted by Crippen LogP contribution is 2.16. The minimum absolute atomic E-state index is 0.0687. The zero-order valence-electron chi connectivity index (χ0n) is 7.60. The first kappa shape index (κ1) is 8.70. The van der Waals surface area contributed by atoms with Gasteiger partial charge in [0.05, 0.1) is 0 Å². The number of amides is 1.